The third-order valence-corrected chi connectivity index (χ3v) is 2.73. The van der Waals surface area contributed by atoms with Gasteiger partial charge in [-0.2, -0.15) is 0 Å². The number of piperazine rings is 1. The van der Waals surface area contributed by atoms with Crippen LogP contribution in [-0.2, 0) is 0 Å². The summed E-state index contributed by atoms with van der Waals surface area (Å²) in [5.41, 5.74) is 1.04. The summed E-state index contributed by atoms with van der Waals surface area (Å²) in [6.45, 7) is 2.82. The van der Waals surface area contributed by atoms with Crippen LogP contribution in [0.2, 0.25) is 5.02 Å². The van der Waals surface area contributed by atoms with Crippen molar-refractivity contribution >= 4 is 11.6 Å². The minimum Gasteiger partial charge on any atom is -0.508 e. The molecule has 1 unspecified atom stereocenters. The summed E-state index contributed by atoms with van der Waals surface area (Å²) >= 11 is 6.04. The van der Waals surface area contributed by atoms with Gasteiger partial charge in [0, 0.05) is 30.7 Å². The second-order valence-electron chi connectivity index (χ2n) is 3.42. The first-order valence-electron chi connectivity index (χ1n) is 4.70. The zero-order valence-corrected chi connectivity index (χ0v) is 8.51. The quantitative estimate of drug-likeness (QED) is 0.657. The predicted molar refractivity (Wildman–Crippen MR) is 56.7 cm³/mol. The maximum absolute atomic E-state index is 9.22. The van der Waals surface area contributed by atoms with Gasteiger partial charge in [-0.15, -0.1) is 0 Å². The molecule has 0 amide bonds. The predicted octanol–water partition coefficient (Wildman–Crippen LogP) is 1.28. The van der Waals surface area contributed by atoms with Gasteiger partial charge in [0.25, 0.3) is 0 Å². The standard InChI is InChI=1S/C10H13ClN2O/c11-9-5-7(14)1-2-8(9)10-6-12-3-4-13-10/h1-2,5,10,12-14H,3-4,6H2. The van der Waals surface area contributed by atoms with E-state index in [1.165, 1.54) is 0 Å². The zero-order chi connectivity index (χ0) is 9.97. The summed E-state index contributed by atoms with van der Waals surface area (Å²) < 4.78 is 0. The van der Waals surface area contributed by atoms with Crippen molar-refractivity contribution in [3.05, 3.63) is 28.8 Å². The normalized spacial score (nSPS) is 22.2. The fraction of sp³-hybridized carbons (Fsp3) is 0.400. The van der Waals surface area contributed by atoms with E-state index in [9.17, 15) is 5.11 Å². The van der Waals surface area contributed by atoms with Gasteiger partial charge in [0.05, 0.1) is 0 Å². The number of nitrogens with one attached hydrogen (secondary N) is 2. The molecule has 0 spiro atoms. The fourth-order valence-electron chi connectivity index (χ4n) is 1.67. The Balaban J connectivity index is 2.22. The molecule has 14 heavy (non-hydrogen) atoms. The maximum Gasteiger partial charge on any atom is 0.117 e. The number of aromatic hydroxyl groups is 1. The second-order valence-corrected chi connectivity index (χ2v) is 3.82. The Morgan fingerprint density at radius 1 is 1.36 bits per heavy atom. The first-order chi connectivity index (χ1) is 6.77. The van der Waals surface area contributed by atoms with Crippen LogP contribution < -0.4 is 10.6 Å². The van der Waals surface area contributed by atoms with E-state index in [-0.39, 0.29) is 11.8 Å². The molecule has 3 nitrogen and oxygen atoms in total. The van der Waals surface area contributed by atoms with Gasteiger partial charge in [0.2, 0.25) is 0 Å². The topological polar surface area (TPSA) is 44.3 Å². The summed E-state index contributed by atoms with van der Waals surface area (Å²) in [7, 11) is 0. The molecule has 0 aliphatic carbocycles. The van der Waals surface area contributed by atoms with E-state index in [0.29, 0.717) is 5.02 Å². The van der Waals surface area contributed by atoms with Crippen LogP contribution in [0.15, 0.2) is 18.2 Å². The Kier molecular flexibility index (Phi) is 2.91. The fourth-order valence-corrected chi connectivity index (χ4v) is 1.98. The lowest BCUT2D eigenvalue weighted by atomic mass is 10.1. The molecule has 76 valence electrons. The van der Waals surface area contributed by atoms with Crippen molar-refractivity contribution in [2.45, 2.75) is 6.04 Å². The first-order valence-corrected chi connectivity index (χ1v) is 5.07. The van der Waals surface area contributed by atoms with E-state index < -0.39 is 0 Å². The minimum atomic E-state index is 0.211. The van der Waals surface area contributed by atoms with Crippen LogP contribution in [0.1, 0.15) is 11.6 Å². The summed E-state index contributed by atoms with van der Waals surface area (Å²) in [5.74, 6) is 0.211. The van der Waals surface area contributed by atoms with Crippen molar-refractivity contribution in [2.75, 3.05) is 19.6 Å². The molecule has 2 rings (SSSR count). The van der Waals surface area contributed by atoms with Crippen molar-refractivity contribution in [1.29, 1.82) is 0 Å². The molecular weight excluding hydrogens is 200 g/mol. The second kappa shape index (κ2) is 4.17. The van der Waals surface area contributed by atoms with E-state index >= 15 is 0 Å². The van der Waals surface area contributed by atoms with E-state index in [1.807, 2.05) is 6.07 Å². The number of hydrogen-bond acceptors (Lipinski definition) is 3. The molecule has 1 fully saturated rings. The molecule has 1 aliphatic rings. The number of phenolic OH excluding ortho intramolecular Hbond substituents is 1. The number of rotatable bonds is 1. The highest BCUT2D eigenvalue weighted by Gasteiger charge is 2.16. The first kappa shape index (κ1) is 9.77. The molecule has 0 aromatic heterocycles. The molecule has 1 atom stereocenters. The molecule has 1 aromatic rings. The van der Waals surface area contributed by atoms with Crippen LogP contribution in [0.25, 0.3) is 0 Å². The molecule has 1 aromatic carbocycles. The molecular formula is C10H13ClN2O. The van der Waals surface area contributed by atoms with Gasteiger partial charge in [0.1, 0.15) is 5.75 Å². The highest BCUT2D eigenvalue weighted by molar-refractivity contribution is 6.31. The molecule has 0 bridgehead atoms. The van der Waals surface area contributed by atoms with Crippen molar-refractivity contribution in [2.24, 2.45) is 0 Å². The van der Waals surface area contributed by atoms with Gasteiger partial charge in [-0.25, -0.2) is 0 Å². The van der Waals surface area contributed by atoms with Crippen LogP contribution in [0, 0.1) is 0 Å². The van der Waals surface area contributed by atoms with E-state index in [4.69, 9.17) is 11.6 Å². The maximum atomic E-state index is 9.22. The van der Waals surface area contributed by atoms with Crippen LogP contribution in [0.3, 0.4) is 0 Å². The monoisotopic (exact) mass is 212 g/mol. The van der Waals surface area contributed by atoms with Crippen LogP contribution in [0.4, 0.5) is 0 Å². The van der Waals surface area contributed by atoms with Gasteiger partial charge in [-0.1, -0.05) is 17.7 Å². The van der Waals surface area contributed by atoms with E-state index in [1.54, 1.807) is 12.1 Å². The third kappa shape index (κ3) is 2.00. The molecule has 0 radical (unpaired) electrons. The smallest absolute Gasteiger partial charge is 0.117 e. The van der Waals surface area contributed by atoms with Gasteiger partial charge >= 0.3 is 0 Å². The number of benzene rings is 1. The summed E-state index contributed by atoms with van der Waals surface area (Å²) in [6, 6.07) is 5.35. The van der Waals surface area contributed by atoms with Gasteiger partial charge in [-0.3, -0.25) is 0 Å². The highest BCUT2D eigenvalue weighted by Crippen LogP contribution is 2.26. The van der Waals surface area contributed by atoms with Crippen molar-refractivity contribution in [3.8, 4) is 5.75 Å². The number of hydrogen-bond donors (Lipinski definition) is 3. The van der Waals surface area contributed by atoms with Gasteiger partial charge < -0.3 is 15.7 Å². The molecule has 0 saturated carbocycles. The van der Waals surface area contributed by atoms with Crippen LogP contribution in [-0.4, -0.2) is 24.7 Å². The Morgan fingerprint density at radius 2 is 2.21 bits per heavy atom. The summed E-state index contributed by atoms with van der Waals surface area (Å²) in [5, 5.41) is 16.5. The lowest BCUT2D eigenvalue weighted by Crippen LogP contribution is -2.42. The molecule has 4 heteroatoms. The Bertz CT molecular complexity index is 324. The summed E-state index contributed by atoms with van der Waals surface area (Å²) in [6.07, 6.45) is 0. The van der Waals surface area contributed by atoms with Crippen molar-refractivity contribution in [3.63, 3.8) is 0 Å². The van der Waals surface area contributed by atoms with Gasteiger partial charge in [0.15, 0.2) is 0 Å². The number of phenols is 1. The molecule has 1 aliphatic heterocycles. The lowest BCUT2D eigenvalue weighted by Gasteiger charge is -2.25. The highest BCUT2D eigenvalue weighted by atomic mass is 35.5. The minimum absolute atomic E-state index is 0.211. The summed E-state index contributed by atoms with van der Waals surface area (Å²) in [4.78, 5) is 0. The Labute approximate surface area is 88.1 Å². The number of halogens is 1. The van der Waals surface area contributed by atoms with E-state index in [2.05, 4.69) is 10.6 Å². The van der Waals surface area contributed by atoms with Crippen molar-refractivity contribution in [1.82, 2.24) is 10.6 Å². The Hall–Kier alpha value is -0.770. The third-order valence-electron chi connectivity index (χ3n) is 2.40. The van der Waals surface area contributed by atoms with Crippen molar-refractivity contribution < 1.29 is 5.11 Å². The average molecular weight is 213 g/mol. The molecule has 3 N–H and O–H groups in total. The average Bonchev–Trinajstić information content (AvgIpc) is 2.19. The lowest BCUT2D eigenvalue weighted by molar-refractivity contribution is 0.429. The SMILES string of the molecule is Oc1ccc(C2CNCCN2)c(Cl)c1. The molecule has 1 saturated heterocycles. The van der Waals surface area contributed by atoms with Gasteiger partial charge in [-0.05, 0) is 17.7 Å². The largest absolute Gasteiger partial charge is 0.508 e. The molecule has 1 heterocycles. The Morgan fingerprint density at radius 3 is 2.86 bits per heavy atom. The van der Waals surface area contributed by atoms with E-state index in [0.717, 1.165) is 25.2 Å². The van der Waals surface area contributed by atoms with Crippen LogP contribution >= 0.6 is 11.6 Å². The zero-order valence-electron chi connectivity index (χ0n) is 7.76. The van der Waals surface area contributed by atoms with Crippen LogP contribution in [0.5, 0.6) is 5.75 Å².